The molecule has 5 heteroatoms. The summed E-state index contributed by atoms with van der Waals surface area (Å²) in [6.07, 6.45) is 1.68. The van der Waals surface area contributed by atoms with Crippen LogP contribution in [0.4, 0.5) is 0 Å². The van der Waals surface area contributed by atoms with Crippen molar-refractivity contribution in [2.24, 2.45) is 4.99 Å². The Morgan fingerprint density at radius 2 is 2.71 bits per heavy atom. The van der Waals surface area contributed by atoms with Crippen LogP contribution >= 0.6 is 23.5 Å². The average Bonchev–Trinajstić information content (AvgIpc) is 2.66. The zero-order valence-electron chi connectivity index (χ0n) is 8.16. The summed E-state index contributed by atoms with van der Waals surface area (Å²) >= 11 is 3.26. The van der Waals surface area contributed by atoms with Crippen molar-refractivity contribution >= 4 is 33.8 Å². The molecule has 0 aromatic carbocycles. The van der Waals surface area contributed by atoms with Gasteiger partial charge in [-0.15, -0.1) is 6.58 Å². The van der Waals surface area contributed by atoms with Crippen molar-refractivity contribution in [3.05, 3.63) is 12.7 Å². The molecule has 0 aromatic heterocycles. The maximum absolute atomic E-state index is 11.4. The zero-order valence-corrected chi connectivity index (χ0v) is 9.79. The molecule has 0 saturated heterocycles. The monoisotopic (exact) mass is 230 g/mol. The summed E-state index contributed by atoms with van der Waals surface area (Å²) in [5, 5.41) is 2.69. The highest BCUT2D eigenvalue weighted by Crippen LogP contribution is 2.25. The van der Waals surface area contributed by atoms with E-state index in [-0.39, 0.29) is 11.2 Å². The number of rotatable bonds is 4. The van der Waals surface area contributed by atoms with Crippen LogP contribution in [0.1, 0.15) is 6.92 Å². The maximum Gasteiger partial charge on any atom is 0.233 e. The molecule has 3 nitrogen and oxygen atoms in total. The summed E-state index contributed by atoms with van der Waals surface area (Å²) in [5.74, 6) is 1.09. The van der Waals surface area contributed by atoms with E-state index >= 15 is 0 Å². The fraction of sp³-hybridized carbons (Fsp3) is 0.556. The molecule has 0 spiro atoms. The Kier molecular flexibility index (Phi) is 5.11. The Morgan fingerprint density at radius 1 is 1.93 bits per heavy atom. The lowest BCUT2D eigenvalue weighted by Crippen LogP contribution is -2.31. The second-order valence-electron chi connectivity index (χ2n) is 2.79. The van der Waals surface area contributed by atoms with Crippen molar-refractivity contribution in [2.75, 3.05) is 18.8 Å². The fourth-order valence-corrected chi connectivity index (χ4v) is 3.06. The largest absolute Gasteiger partial charge is 0.352 e. The van der Waals surface area contributed by atoms with E-state index < -0.39 is 0 Å². The lowest BCUT2D eigenvalue weighted by atomic mass is 10.4. The van der Waals surface area contributed by atoms with Gasteiger partial charge in [-0.1, -0.05) is 29.6 Å². The molecule has 78 valence electrons. The number of aliphatic imine (C=N–C) groups is 1. The molecule has 1 amide bonds. The van der Waals surface area contributed by atoms with Gasteiger partial charge < -0.3 is 5.32 Å². The van der Waals surface area contributed by atoms with Crippen LogP contribution in [0, 0.1) is 0 Å². The molecule has 1 aliphatic rings. The van der Waals surface area contributed by atoms with Crippen molar-refractivity contribution in [1.29, 1.82) is 0 Å². The Hall–Kier alpha value is -0.420. The number of carbonyl (C=O) groups is 1. The van der Waals surface area contributed by atoms with Crippen molar-refractivity contribution in [3.8, 4) is 0 Å². The number of nitrogens with one attached hydrogen (secondary N) is 1. The first-order valence-corrected chi connectivity index (χ1v) is 6.33. The summed E-state index contributed by atoms with van der Waals surface area (Å²) in [7, 11) is 0. The van der Waals surface area contributed by atoms with Gasteiger partial charge in [-0.25, -0.2) is 0 Å². The molecular weight excluding hydrogens is 216 g/mol. The van der Waals surface area contributed by atoms with Crippen LogP contribution in [0.25, 0.3) is 0 Å². The summed E-state index contributed by atoms with van der Waals surface area (Å²) < 4.78 is 1.03. The molecule has 1 rings (SSSR count). The van der Waals surface area contributed by atoms with Crippen molar-refractivity contribution in [2.45, 2.75) is 12.2 Å². The van der Waals surface area contributed by atoms with Gasteiger partial charge >= 0.3 is 0 Å². The fourth-order valence-electron chi connectivity index (χ4n) is 0.908. The number of carbonyl (C=O) groups excluding carboxylic acids is 1. The van der Waals surface area contributed by atoms with E-state index in [0.717, 1.165) is 16.7 Å². The Balaban J connectivity index is 2.29. The number of thioether (sulfide) groups is 2. The van der Waals surface area contributed by atoms with Gasteiger partial charge in [0.2, 0.25) is 5.91 Å². The highest BCUT2D eigenvalue weighted by atomic mass is 32.2. The van der Waals surface area contributed by atoms with Gasteiger partial charge in [0, 0.05) is 12.3 Å². The Bertz CT molecular complexity index is 253. The van der Waals surface area contributed by atoms with Gasteiger partial charge in [0.25, 0.3) is 0 Å². The van der Waals surface area contributed by atoms with Gasteiger partial charge in [0.15, 0.2) is 0 Å². The van der Waals surface area contributed by atoms with Gasteiger partial charge in [0.05, 0.1) is 11.8 Å². The van der Waals surface area contributed by atoms with Crippen LogP contribution in [-0.2, 0) is 4.79 Å². The van der Waals surface area contributed by atoms with Crippen LogP contribution in [-0.4, -0.2) is 34.4 Å². The van der Waals surface area contributed by atoms with Crippen molar-refractivity contribution in [1.82, 2.24) is 5.32 Å². The summed E-state index contributed by atoms with van der Waals surface area (Å²) in [4.78, 5) is 15.7. The molecule has 0 aliphatic carbocycles. The van der Waals surface area contributed by atoms with Gasteiger partial charge in [0.1, 0.15) is 4.38 Å². The molecule has 0 aromatic rings. The molecule has 0 fully saturated rings. The summed E-state index contributed by atoms with van der Waals surface area (Å²) in [5.41, 5.74) is 0. The second kappa shape index (κ2) is 6.14. The van der Waals surface area contributed by atoms with Crippen LogP contribution < -0.4 is 5.32 Å². The molecule has 0 bridgehead atoms. The molecule has 0 saturated carbocycles. The molecule has 0 radical (unpaired) electrons. The minimum Gasteiger partial charge on any atom is -0.352 e. The Morgan fingerprint density at radius 3 is 3.29 bits per heavy atom. The molecule has 1 aliphatic heterocycles. The minimum atomic E-state index is -0.0701. The molecule has 14 heavy (non-hydrogen) atoms. The van der Waals surface area contributed by atoms with E-state index in [1.807, 2.05) is 6.92 Å². The smallest absolute Gasteiger partial charge is 0.233 e. The van der Waals surface area contributed by atoms with Crippen molar-refractivity contribution < 1.29 is 4.79 Å². The summed E-state index contributed by atoms with van der Waals surface area (Å²) in [6.45, 7) is 6.85. The predicted octanol–water partition coefficient (Wildman–Crippen LogP) is 1.51. The standard InChI is InChI=1S/C9H14N2OS2/c1-3-4-10-8(12)7(2)14-9-11-5-6-13-9/h3,7H,1,4-6H2,2H3,(H,10,12)/t7-/m1/s1. The van der Waals surface area contributed by atoms with E-state index in [9.17, 15) is 4.79 Å². The lowest BCUT2D eigenvalue weighted by Gasteiger charge is -2.09. The lowest BCUT2D eigenvalue weighted by molar-refractivity contribution is -0.120. The van der Waals surface area contributed by atoms with E-state index in [1.54, 1.807) is 17.8 Å². The topological polar surface area (TPSA) is 41.5 Å². The normalized spacial score (nSPS) is 17.4. The number of amides is 1. The molecule has 1 heterocycles. The number of hydrogen-bond donors (Lipinski definition) is 1. The number of nitrogens with zero attached hydrogens (tertiary/aromatic N) is 1. The highest BCUT2D eigenvalue weighted by Gasteiger charge is 2.17. The van der Waals surface area contributed by atoms with Crippen LogP contribution in [0.5, 0.6) is 0 Å². The van der Waals surface area contributed by atoms with Crippen LogP contribution in [0.3, 0.4) is 0 Å². The third-order valence-electron chi connectivity index (χ3n) is 1.63. The average molecular weight is 230 g/mol. The van der Waals surface area contributed by atoms with Crippen LogP contribution in [0.2, 0.25) is 0 Å². The van der Waals surface area contributed by atoms with Gasteiger partial charge in [-0.2, -0.15) is 0 Å². The van der Waals surface area contributed by atoms with Gasteiger partial charge in [-0.3, -0.25) is 9.79 Å². The maximum atomic E-state index is 11.4. The van der Waals surface area contributed by atoms with Crippen molar-refractivity contribution in [3.63, 3.8) is 0 Å². The third-order valence-corrected chi connectivity index (χ3v) is 3.93. The number of hydrogen-bond acceptors (Lipinski definition) is 4. The zero-order chi connectivity index (χ0) is 10.4. The molecule has 1 N–H and O–H groups in total. The third kappa shape index (κ3) is 3.75. The predicted molar refractivity (Wildman–Crippen MR) is 65.0 cm³/mol. The quantitative estimate of drug-likeness (QED) is 0.744. The summed E-state index contributed by atoms with van der Waals surface area (Å²) in [6, 6.07) is 0. The van der Waals surface area contributed by atoms with Gasteiger partial charge in [-0.05, 0) is 6.92 Å². The molecular formula is C9H14N2OS2. The second-order valence-corrected chi connectivity index (χ2v) is 5.46. The van der Waals surface area contributed by atoms with E-state index in [0.29, 0.717) is 6.54 Å². The first kappa shape index (κ1) is 11.7. The van der Waals surface area contributed by atoms with E-state index in [2.05, 4.69) is 16.9 Å². The Labute approximate surface area is 92.8 Å². The first-order valence-electron chi connectivity index (χ1n) is 4.46. The minimum absolute atomic E-state index is 0.0464. The molecule has 1 atom stereocenters. The highest BCUT2D eigenvalue weighted by molar-refractivity contribution is 8.39. The van der Waals surface area contributed by atoms with E-state index in [4.69, 9.17) is 0 Å². The van der Waals surface area contributed by atoms with Crippen LogP contribution in [0.15, 0.2) is 17.6 Å². The molecule has 0 unspecified atom stereocenters. The SMILES string of the molecule is C=CCNC(=O)[C@@H](C)SC1=NCCS1. The van der Waals surface area contributed by atoms with E-state index in [1.165, 1.54) is 11.8 Å². The first-order chi connectivity index (χ1) is 6.74.